The molecular weight excluding hydrogens is 505 g/mol. The SMILES string of the molecule is COc1ccc2c(c1)c(CC(=O)OCC(=O)Nc1ccc(Cl)cn1)c(C)n2C(=O)c1ccc(Cl)cc1. The van der Waals surface area contributed by atoms with Gasteiger partial charge in [0.05, 0.1) is 24.1 Å². The molecule has 184 valence electrons. The Bertz CT molecular complexity index is 1450. The molecule has 2 heterocycles. The number of aromatic nitrogens is 2. The molecule has 0 aliphatic heterocycles. The normalized spacial score (nSPS) is 10.8. The van der Waals surface area contributed by atoms with Gasteiger partial charge in [0.25, 0.3) is 11.8 Å². The molecule has 0 saturated carbocycles. The first-order valence-electron chi connectivity index (χ1n) is 10.8. The van der Waals surface area contributed by atoms with Crippen molar-refractivity contribution in [2.45, 2.75) is 13.3 Å². The molecule has 4 rings (SSSR count). The summed E-state index contributed by atoms with van der Waals surface area (Å²) in [7, 11) is 1.53. The summed E-state index contributed by atoms with van der Waals surface area (Å²) in [6.45, 7) is 1.26. The van der Waals surface area contributed by atoms with Crippen molar-refractivity contribution in [1.82, 2.24) is 9.55 Å². The number of hydrogen-bond donors (Lipinski definition) is 1. The third-order valence-corrected chi connectivity index (χ3v) is 5.99. The maximum Gasteiger partial charge on any atom is 0.310 e. The van der Waals surface area contributed by atoms with Gasteiger partial charge in [-0.15, -0.1) is 0 Å². The van der Waals surface area contributed by atoms with Gasteiger partial charge in [0.1, 0.15) is 11.6 Å². The Hall–Kier alpha value is -3.88. The Morgan fingerprint density at radius 3 is 2.39 bits per heavy atom. The number of methoxy groups -OCH3 is 1. The predicted molar refractivity (Wildman–Crippen MR) is 137 cm³/mol. The van der Waals surface area contributed by atoms with Gasteiger partial charge in [-0.3, -0.25) is 19.0 Å². The number of carbonyl (C=O) groups is 3. The molecular formula is C26H21Cl2N3O5. The zero-order valence-corrected chi connectivity index (χ0v) is 20.9. The zero-order chi connectivity index (χ0) is 25.8. The van der Waals surface area contributed by atoms with Crippen molar-refractivity contribution in [3.05, 3.63) is 87.7 Å². The van der Waals surface area contributed by atoms with Crippen LogP contribution >= 0.6 is 23.2 Å². The Morgan fingerprint density at radius 1 is 1.00 bits per heavy atom. The highest BCUT2D eigenvalue weighted by molar-refractivity contribution is 6.30. The molecule has 4 aromatic rings. The van der Waals surface area contributed by atoms with Crippen molar-refractivity contribution in [1.29, 1.82) is 0 Å². The van der Waals surface area contributed by atoms with E-state index in [4.69, 9.17) is 32.7 Å². The summed E-state index contributed by atoms with van der Waals surface area (Å²) in [5.74, 6) is -0.584. The lowest BCUT2D eigenvalue weighted by molar-refractivity contribution is -0.146. The van der Waals surface area contributed by atoms with Crippen molar-refractivity contribution in [3.8, 4) is 5.75 Å². The van der Waals surface area contributed by atoms with Crippen LogP contribution in [-0.2, 0) is 20.7 Å². The topological polar surface area (TPSA) is 99.5 Å². The third kappa shape index (κ3) is 5.50. The van der Waals surface area contributed by atoms with E-state index in [0.29, 0.717) is 43.5 Å². The summed E-state index contributed by atoms with van der Waals surface area (Å²) in [6, 6.07) is 14.9. The molecule has 0 radical (unpaired) electrons. The monoisotopic (exact) mass is 525 g/mol. The van der Waals surface area contributed by atoms with E-state index in [1.165, 1.54) is 19.4 Å². The number of nitrogens with zero attached hydrogens (tertiary/aromatic N) is 2. The Morgan fingerprint density at radius 2 is 1.72 bits per heavy atom. The summed E-state index contributed by atoms with van der Waals surface area (Å²) in [5.41, 5.74) is 2.22. The summed E-state index contributed by atoms with van der Waals surface area (Å²) >= 11 is 11.7. The maximum absolute atomic E-state index is 13.4. The lowest BCUT2D eigenvalue weighted by Gasteiger charge is -2.08. The second-order valence-electron chi connectivity index (χ2n) is 7.84. The molecule has 1 amide bonds. The van der Waals surface area contributed by atoms with E-state index < -0.39 is 18.5 Å². The Labute approximate surface area is 216 Å². The van der Waals surface area contributed by atoms with Crippen LogP contribution in [0.5, 0.6) is 5.75 Å². The highest BCUT2D eigenvalue weighted by atomic mass is 35.5. The van der Waals surface area contributed by atoms with E-state index in [-0.39, 0.29) is 18.1 Å². The summed E-state index contributed by atoms with van der Waals surface area (Å²) < 4.78 is 12.1. The van der Waals surface area contributed by atoms with Crippen LogP contribution < -0.4 is 10.1 Å². The van der Waals surface area contributed by atoms with Crippen LogP contribution in [0.1, 0.15) is 21.6 Å². The number of ether oxygens (including phenoxy) is 2. The first kappa shape index (κ1) is 25.2. The quantitative estimate of drug-likeness (QED) is 0.338. The molecule has 0 unspecified atom stereocenters. The minimum atomic E-state index is -0.627. The van der Waals surface area contributed by atoms with Gasteiger partial charge in [-0.2, -0.15) is 0 Å². The van der Waals surface area contributed by atoms with Crippen LogP contribution in [0.15, 0.2) is 60.8 Å². The van der Waals surface area contributed by atoms with Gasteiger partial charge in [-0.05, 0) is 67.1 Å². The average molecular weight is 526 g/mol. The molecule has 2 aromatic heterocycles. The predicted octanol–water partition coefficient (Wildman–Crippen LogP) is 5.07. The average Bonchev–Trinajstić information content (AvgIpc) is 3.14. The standard InChI is InChI=1S/C26H21Cl2N3O5/c1-15-20(12-25(33)36-14-24(32)30-23-10-7-18(28)13-29-23)21-11-19(35-2)8-9-22(21)31(15)26(34)16-3-5-17(27)6-4-16/h3-11,13H,12,14H2,1-2H3,(H,29,30,32). The first-order chi connectivity index (χ1) is 17.3. The first-order valence-corrected chi connectivity index (χ1v) is 11.6. The van der Waals surface area contributed by atoms with Gasteiger partial charge in [-0.25, -0.2) is 4.98 Å². The van der Waals surface area contributed by atoms with Gasteiger partial charge in [-0.1, -0.05) is 23.2 Å². The third-order valence-electron chi connectivity index (χ3n) is 5.52. The number of benzene rings is 2. The summed E-state index contributed by atoms with van der Waals surface area (Å²) in [5, 5.41) is 4.14. The number of esters is 1. The van der Waals surface area contributed by atoms with Gasteiger partial charge in [0.2, 0.25) is 0 Å². The molecule has 0 atom stereocenters. The van der Waals surface area contributed by atoms with Crippen molar-refractivity contribution >= 4 is 57.7 Å². The fourth-order valence-electron chi connectivity index (χ4n) is 3.77. The van der Waals surface area contributed by atoms with Crippen molar-refractivity contribution in [2.24, 2.45) is 0 Å². The number of nitrogens with one attached hydrogen (secondary N) is 1. The van der Waals surface area contributed by atoms with E-state index in [0.717, 1.165) is 0 Å². The molecule has 0 aliphatic carbocycles. The van der Waals surface area contributed by atoms with Crippen molar-refractivity contribution in [2.75, 3.05) is 19.0 Å². The minimum Gasteiger partial charge on any atom is -0.497 e. The van der Waals surface area contributed by atoms with Crippen LogP contribution in [-0.4, -0.2) is 41.1 Å². The zero-order valence-electron chi connectivity index (χ0n) is 19.4. The van der Waals surface area contributed by atoms with Crippen LogP contribution in [0.25, 0.3) is 10.9 Å². The Kier molecular flexibility index (Phi) is 7.57. The van der Waals surface area contributed by atoms with Gasteiger partial charge < -0.3 is 14.8 Å². The smallest absolute Gasteiger partial charge is 0.310 e. The van der Waals surface area contributed by atoms with Crippen LogP contribution in [0, 0.1) is 6.92 Å². The minimum absolute atomic E-state index is 0.150. The van der Waals surface area contributed by atoms with Crippen LogP contribution in [0.3, 0.4) is 0 Å². The number of fused-ring (bicyclic) bond motifs is 1. The van der Waals surface area contributed by atoms with Gasteiger partial charge in [0.15, 0.2) is 6.61 Å². The molecule has 0 saturated heterocycles. The maximum atomic E-state index is 13.4. The molecule has 10 heteroatoms. The fourth-order valence-corrected chi connectivity index (χ4v) is 4.00. The highest BCUT2D eigenvalue weighted by Gasteiger charge is 2.23. The number of pyridine rings is 1. The molecule has 0 aliphatic rings. The number of amides is 1. The number of carbonyl (C=O) groups excluding carboxylic acids is 3. The van der Waals surface area contributed by atoms with Gasteiger partial charge >= 0.3 is 5.97 Å². The molecule has 1 N–H and O–H groups in total. The number of halogens is 2. The molecule has 8 nitrogen and oxygen atoms in total. The second-order valence-corrected chi connectivity index (χ2v) is 8.71. The Balaban J connectivity index is 1.56. The second kappa shape index (κ2) is 10.8. The largest absolute Gasteiger partial charge is 0.497 e. The number of anilines is 1. The lowest BCUT2D eigenvalue weighted by atomic mass is 10.1. The lowest BCUT2D eigenvalue weighted by Crippen LogP contribution is -2.22. The summed E-state index contributed by atoms with van der Waals surface area (Å²) in [4.78, 5) is 42.2. The molecule has 0 spiro atoms. The number of rotatable bonds is 7. The molecule has 2 aromatic carbocycles. The molecule has 0 fully saturated rings. The van der Waals surface area contributed by atoms with Gasteiger partial charge in [0, 0.05) is 27.9 Å². The van der Waals surface area contributed by atoms with Crippen molar-refractivity contribution < 1.29 is 23.9 Å². The van der Waals surface area contributed by atoms with E-state index in [1.54, 1.807) is 60.0 Å². The van der Waals surface area contributed by atoms with E-state index in [2.05, 4.69) is 10.3 Å². The fraction of sp³-hybridized carbons (Fsp3) is 0.154. The summed E-state index contributed by atoms with van der Waals surface area (Å²) in [6.07, 6.45) is 1.24. The molecule has 36 heavy (non-hydrogen) atoms. The van der Waals surface area contributed by atoms with E-state index in [1.807, 2.05) is 0 Å². The molecule has 0 bridgehead atoms. The number of hydrogen-bond acceptors (Lipinski definition) is 6. The van der Waals surface area contributed by atoms with Crippen molar-refractivity contribution in [3.63, 3.8) is 0 Å². The van der Waals surface area contributed by atoms with Crippen LogP contribution in [0.2, 0.25) is 10.0 Å². The van der Waals surface area contributed by atoms with E-state index >= 15 is 0 Å². The van der Waals surface area contributed by atoms with E-state index in [9.17, 15) is 14.4 Å². The van der Waals surface area contributed by atoms with Crippen LogP contribution in [0.4, 0.5) is 5.82 Å². The highest BCUT2D eigenvalue weighted by Crippen LogP contribution is 2.31.